The second-order valence-electron chi connectivity index (χ2n) is 10.3. The predicted molar refractivity (Wildman–Crippen MR) is 138 cm³/mol. The van der Waals surface area contributed by atoms with Crippen LogP contribution in [0.5, 0.6) is 0 Å². The quantitative estimate of drug-likeness (QED) is 0.448. The first kappa shape index (κ1) is 23.2. The van der Waals surface area contributed by atoms with Crippen molar-refractivity contribution in [2.75, 3.05) is 11.5 Å². The van der Waals surface area contributed by atoms with Crippen molar-refractivity contribution in [3.05, 3.63) is 71.8 Å². The molecule has 0 saturated carbocycles. The number of carbonyl (C=O) groups is 1. The Kier molecular flexibility index (Phi) is 6.10. The van der Waals surface area contributed by atoms with Gasteiger partial charge in [0.05, 0.1) is 23.5 Å². The van der Waals surface area contributed by atoms with Crippen LogP contribution in [0.4, 0.5) is 11.4 Å². The number of anilines is 2. The topological polar surface area (TPSA) is 70.0 Å². The number of benzene rings is 3. The molecule has 2 aliphatic rings. The third kappa shape index (κ3) is 3.99. The lowest BCUT2D eigenvalue weighted by molar-refractivity contribution is 0.0192. The monoisotopic (exact) mass is 475 g/mol. The molecule has 5 rings (SSSR count). The summed E-state index contributed by atoms with van der Waals surface area (Å²) < 4.78 is 6.32. The number of rotatable bonds is 7. The molecule has 34 heavy (non-hydrogen) atoms. The van der Waals surface area contributed by atoms with E-state index in [0.717, 1.165) is 40.6 Å². The summed E-state index contributed by atoms with van der Waals surface area (Å²) in [6.07, 6.45) is 2.33. The molecule has 6 heteroatoms. The first-order valence-corrected chi connectivity index (χ1v) is 15.3. The molecule has 5 nitrogen and oxygen atoms in total. The zero-order valence-electron chi connectivity index (χ0n) is 20.1. The summed E-state index contributed by atoms with van der Waals surface area (Å²) >= 11 is 0. The number of aryl methyl sites for hydroxylation is 1. The molecule has 2 heterocycles. The second-order valence-corrected chi connectivity index (χ2v) is 14.3. The summed E-state index contributed by atoms with van der Waals surface area (Å²) in [6.45, 7) is 6.21. The second kappa shape index (κ2) is 8.93. The van der Waals surface area contributed by atoms with Crippen molar-refractivity contribution < 1.29 is 19.4 Å². The SMILES string of the molecule is C[C@@H]1[C@@H]([Si](C)(C)O)[C@H](CCO)O[C@@H]1CCc1ccc(N2C(=O)c3cccc4cccc2c34)cc1. The van der Waals surface area contributed by atoms with Crippen LogP contribution in [-0.4, -0.2) is 42.9 Å². The first-order valence-electron chi connectivity index (χ1n) is 12.2. The van der Waals surface area contributed by atoms with E-state index in [1.807, 2.05) is 66.5 Å². The molecule has 178 valence electrons. The molecule has 3 aromatic carbocycles. The summed E-state index contributed by atoms with van der Waals surface area (Å²) in [7, 11) is -2.39. The first-order chi connectivity index (χ1) is 16.3. The minimum atomic E-state index is -2.39. The highest BCUT2D eigenvalue weighted by molar-refractivity contribution is 6.71. The molecule has 2 N–H and O–H groups in total. The fraction of sp³-hybridized carbons (Fsp3) is 0.393. The van der Waals surface area contributed by atoms with Crippen molar-refractivity contribution in [3.63, 3.8) is 0 Å². The third-order valence-corrected chi connectivity index (χ3v) is 10.1. The number of carbonyl (C=O) groups excluding carboxylic acids is 1. The highest BCUT2D eigenvalue weighted by Crippen LogP contribution is 2.45. The lowest BCUT2D eigenvalue weighted by Crippen LogP contribution is -2.40. The molecule has 1 amide bonds. The van der Waals surface area contributed by atoms with Gasteiger partial charge in [0.1, 0.15) is 0 Å². The predicted octanol–water partition coefficient (Wildman–Crippen LogP) is 5.42. The van der Waals surface area contributed by atoms with Gasteiger partial charge in [-0.15, -0.1) is 0 Å². The van der Waals surface area contributed by atoms with Crippen molar-refractivity contribution in [2.24, 2.45) is 5.92 Å². The number of aliphatic hydroxyl groups excluding tert-OH is 1. The summed E-state index contributed by atoms with van der Waals surface area (Å²) in [5.41, 5.74) is 3.91. The fourth-order valence-electron chi connectivity index (χ4n) is 6.10. The van der Waals surface area contributed by atoms with Gasteiger partial charge < -0.3 is 14.6 Å². The van der Waals surface area contributed by atoms with Crippen LogP contribution in [0.1, 0.15) is 35.7 Å². The number of ether oxygens (including phenoxy) is 1. The van der Waals surface area contributed by atoms with E-state index in [1.54, 1.807) is 0 Å². The van der Waals surface area contributed by atoms with Gasteiger partial charge in [0.15, 0.2) is 8.32 Å². The van der Waals surface area contributed by atoms with E-state index in [4.69, 9.17) is 4.74 Å². The van der Waals surface area contributed by atoms with Gasteiger partial charge in [-0.05, 0) is 73.5 Å². The van der Waals surface area contributed by atoms with Crippen molar-refractivity contribution >= 4 is 36.4 Å². The minimum Gasteiger partial charge on any atom is -0.432 e. The van der Waals surface area contributed by atoms with Gasteiger partial charge in [0.25, 0.3) is 5.91 Å². The van der Waals surface area contributed by atoms with Crippen LogP contribution in [0.25, 0.3) is 10.8 Å². The van der Waals surface area contributed by atoms with Crippen LogP contribution in [0.2, 0.25) is 18.6 Å². The van der Waals surface area contributed by atoms with Crippen LogP contribution < -0.4 is 4.90 Å². The highest BCUT2D eigenvalue weighted by atomic mass is 28.4. The Morgan fingerprint density at radius 2 is 1.68 bits per heavy atom. The molecule has 1 saturated heterocycles. The van der Waals surface area contributed by atoms with Crippen molar-refractivity contribution in [1.82, 2.24) is 0 Å². The number of amides is 1. The Morgan fingerprint density at radius 3 is 2.35 bits per heavy atom. The van der Waals surface area contributed by atoms with Crippen molar-refractivity contribution in [2.45, 2.75) is 57.0 Å². The van der Waals surface area contributed by atoms with Gasteiger partial charge >= 0.3 is 0 Å². The van der Waals surface area contributed by atoms with E-state index in [1.165, 1.54) is 5.56 Å². The lowest BCUT2D eigenvalue weighted by Gasteiger charge is -2.30. The maximum absolute atomic E-state index is 13.2. The molecular weight excluding hydrogens is 442 g/mol. The number of hydrogen-bond acceptors (Lipinski definition) is 4. The van der Waals surface area contributed by atoms with Gasteiger partial charge in [-0.1, -0.05) is 43.3 Å². The molecule has 1 fully saturated rings. The van der Waals surface area contributed by atoms with Crippen LogP contribution >= 0.6 is 0 Å². The van der Waals surface area contributed by atoms with E-state index in [0.29, 0.717) is 6.42 Å². The molecule has 0 spiro atoms. The van der Waals surface area contributed by atoms with Crippen LogP contribution in [0.3, 0.4) is 0 Å². The van der Waals surface area contributed by atoms with E-state index in [-0.39, 0.29) is 36.2 Å². The minimum absolute atomic E-state index is 0.0180. The Labute approximate surface area is 202 Å². The molecule has 0 unspecified atom stereocenters. The Morgan fingerprint density at radius 1 is 0.971 bits per heavy atom. The maximum atomic E-state index is 13.2. The Balaban J connectivity index is 1.30. The number of aliphatic hydroxyl groups is 1. The van der Waals surface area contributed by atoms with Crippen molar-refractivity contribution in [3.8, 4) is 0 Å². The van der Waals surface area contributed by atoms with Gasteiger partial charge in [-0.25, -0.2) is 0 Å². The number of hydrogen-bond donors (Lipinski definition) is 2. The average molecular weight is 476 g/mol. The van der Waals surface area contributed by atoms with Gasteiger partial charge in [-0.3, -0.25) is 9.69 Å². The summed E-state index contributed by atoms with van der Waals surface area (Å²) in [4.78, 5) is 25.8. The van der Waals surface area contributed by atoms with E-state index < -0.39 is 8.32 Å². The molecule has 0 aliphatic carbocycles. The molecule has 0 bridgehead atoms. The third-order valence-electron chi connectivity index (χ3n) is 7.60. The largest absolute Gasteiger partial charge is 0.432 e. The highest BCUT2D eigenvalue weighted by Gasteiger charge is 2.49. The lowest BCUT2D eigenvalue weighted by atomic mass is 9.95. The normalized spacial score (nSPS) is 24.4. The van der Waals surface area contributed by atoms with Gasteiger partial charge in [0, 0.05) is 23.2 Å². The average Bonchev–Trinajstić information content (AvgIpc) is 3.28. The summed E-state index contributed by atoms with van der Waals surface area (Å²) in [5, 5.41) is 11.6. The van der Waals surface area contributed by atoms with E-state index in [9.17, 15) is 14.7 Å². The smallest absolute Gasteiger partial charge is 0.263 e. The van der Waals surface area contributed by atoms with Gasteiger partial charge in [0.2, 0.25) is 0 Å². The van der Waals surface area contributed by atoms with Crippen molar-refractivity contribution in [1.29, 1.82) is 0 Å². The summed E-state index contributed by atoms with van der Waals surface area (Å²) in [5.74, 6) is 0.285. The van der Waals surface area contributed by atoms with Crippen LogP contribution in [0, 0.1) is 5.92 Å². The summed E-state index contributed by atoms with van der Waals surface area (Å²) in [6, 6.07) is 20.2. The maximum Gasteiger partial charge on any atom is 0.263 e. The fourth-order valence-corrected chi connectivity index (χ4v) is 8.76. The number of nitrogens with zero attached hydrogens (tertiary/aromatic N) is 1. The molecule has 4 atom stereocenters. The molecule has 0 radical (unpaired) electrons. The zero-order chi connectivity index (χ0) is 24.0. The molecule has 3 aromatic rings. The van der Waals surface area contributed by atoms with Gasteiger partial charge in [-0.2, -0.15) is 0 Å². The molecule has 2 aliphatic heterocycles. The van der Waals surface area contributed by atoms with E-state index in [2.05, 4.69) is 19.1 Å². The Hall–Kier alpha value is -2.51. The molecular formula is C28H33NO4Si. The van der Waals surface area contributed by atoms with Crippen LogP contribution in [0.15, 0.2) is 60.7 Å². The zero-order valence-corrected chi connectivity index (χ0v) is 21.1. The Bertz CT molecular complexity index is 1200. The standard InChI is InChI=1S/C28H33NO4Si/c1-18-24(33-25(16-17-30)27(18)34(2,3)32)15-12-19-10-13-21(14-11-19)29-23-9-5-7-20-6-4-8-22(26(20)23)28(29)31/h4-11,13-14,18,24-25,27,30,32H,12,15-17H2,1-3H3/t18-,24+,25-,27+/m0/s1. The van der Waals surface area contributed by atoms with Crippen LogP contribution in [-0.2, 0) is 11.2 Å². The molecule has 0 aromatic heterocycles. The van der Waals surface area contributed by atoms with E-state index >= 15 is 0 Å².